The quantitative estimate of drug-likeness (QED) is 0.297. The van der Waals surface area contributed by atoms with Crippen LogP contribution in [0.3, 0.4) is 0 Å². The summed E-state index contributed by atoms with van der Waals surface area (Å²) in [6.45, 7) is 0. The van der Waals surface area contributed by atoms with Crippen LogP contribution in [0.4, 0.5) is 5.82 Å². The number of para-hydroxylation sites is 1. The van der Waals surface area contributed by atoms with Crippen molar-refractivity contribution in [3.05, 3.63) is 98.5 Å². The lowest BCUT2D eigenvalue weighted by Gasteiger charge is -2.12. The van der Waals surface area contributed by atoms with Crippen LogP contribution in [0.2, 0.25) is 0 Å². The maximum atomic E-state index is 13.0. The Morgan fingerprint density at radius 1 is 1.03 bits per heavy atom. The van der Waals surface area contributed by atoms with Gasteiger partial charge in [0, 0.05) is 18.2 Å². The Morgan fingerprint density at radius 3 is 2.38 bits per heavy atom. The second-order valence-electron chi connectivity index (χ2n) is 8.06. The van der Waals surface area contributed by atoms with Crippen molar-refractivity contribution in [1.82, 2.24) is 24.3 Å². The highest BCUT2D eigenvalue weighted by Gasteiger charge is 2.30. The van der Waals surface area contributed by atoms with Crippen LogP contribution >= 0.6 is 11.8 Å². The zero-order chi connectivity index (χ0) is 23.7. The first-order valence-electron chi connectivity index (χ1n) is 10.9. The molecule has 2 aromatic heterocycles. The molecule has 0 unspecified atom stereocenters. The maximum Gasteiger partial charge on any atom is 0.330 e. The summed E-state index contributed by atoms with van der Waals surface area (Å²) in [7, 11) is 0. The Hall–Kier alpha value is -3.92. The van der Waals surface area contributed by atoms with E-state index in [1.54, 1.807) is 0 Å². The number of benzene rings is 2. The number of hydrogen-bond acceptors (Lipinski definition) is 7. The minimum absolute atomic E-state index is 0.0646. The van der Waals surface area contributed by atoms with E-state index in [-0.39, 0.29) is 23.2 Å². The van der Waals surface area contributed by atoms with Gasteiger partial charge in [-0.05, 0) is 30.5 Å². The van der Waals surface area contributed by atoms with Gasteiger partial charge in [0.25, 0.3) is 5.56 Å². The summed E-state index contributed by atoms with van der Waals surface area (Å²) in [6.07, 6.45) is 2.15. The van der Waals surface area contributed by atoms with E-state index in [1.165, 1.54) is 16.3 Å². The van der Waals surface area contributed by atoms with E-state index in [2.05, 4.69) is 15.2 Å². The molecule has 0 aliphatic heterocycles. The van der Waals surface area contributed by atoms with Crippen LogP contribution in [-0.4, -0.2) is 35.9 Å². The number of ketones is 1. The van der Waals surface area contributed by atoms with Crippen LogP contribution < -0.4 is 17.0 Å². The van der Waals surface area contributed by atoms with Crippen molar-refractivity contribution in [2.75, 3.05) is 11.5 Å². The van der Waals surface area contributed by atoms with Gasteiger partial charge in [0.05, 0.1) is 5.75 Å². The molecule has 0 saturated heterocycles. The molecule has 0 spiro atoms. The van der Waals surface area contributed by atoms with Crippen molar-refractivity contribution in [1.29, 1.82) is 0 Å². The average molecular weight is 475 g/mol. The molecule has 2 heterocycles. The molecule has 0 bridgehead atoms. The van der Waals surface area contributed by atoms with E-state index >= 15 is 0 Å². The summed E-state index contributed by atoms with van der Waals surface area (Å²) >= 11 is 1.17. The minimum atomic E-state index is -0.765. The smallest absolute Gasteiger partial charge is 0.330 e. The average Bonchev–Trinajstić information content (AvgIpc) is 3.58. The van der Waals surface area contributed by atoms with Crippen molar-refractivity contribution < 1.29 is 4.79 Å². The van der Waals surface area contributed by atoms with Crippen molar-refractivity contribution in [2.45, 2.75) is 30.5 Å². The third kappa shape index (κ3) is 4.32. The fourth-order valence-electron chi connectivity index (χ4n) is 3.86. The monoisotopic (exact) mass is 474 g/mol. The number of nitrogens with two attached hydrogens (primary N) is 1. The van der Waals surface area contributed by atoms with Crippen molar-refractivity contribution in [3.8, 4) is 5.69 Å². The first-order chi connectivity index (χ1) is 16.5. The first-order valence-corrected chi connectivity index (χ1v) is 11.9. The number of carbonyl (C=O) groups is 1. The predicted molar refractivity (Wildman–Crippen MR) is 130 cm³/mol. The molecule has 9 nitrogen and oxygen atoms in total. The number of nitrogen functional groups attached to an aromatic ring is 1. The van der Waals surface area contributed by atoms with Crippen LogP contribution in [-0.2, 0) is 6.42 Å². The molecular weight excluding hydrogens is 452 g/mol. The molecule has 4 aromatic rings. The highest BCUT2D eigenvalue weighted by molar-refractivity contribution is 7.99. The molecule has 172 valence electrons. The second-order valence-corrected chi connectivity index (χ2v) is 9.01. The van der Waals surface area contributed by atoms with Crippen molar-refractivity contribution in [3.63, 3.8) is 0 Å². The largest absolute Gasteiger partial charge is 0.384 e. The molecule has 1 fully saturated rings. The van der Waals surface area contributed by atoms with Crippen LogP contribution in [0, 0.1) is 0 Å². The highest BCUT2D eigenvalue weighted by atomic mass is 32.2. The van der Waals surface area contributed by atoms with Gasteiger partial charge in [-0.25, -0.2) is 4.79 Å². The van der Waals surface area contributed by atoms with Gasteiger partial charge < -0.3 is 5.73 Å². The number of anilines is 1. The second kappa shape index (κ2) is 9.14. The number of rotatable bonds is 8. The Labute approximate surface area is 198 Å². The number of thioether (sulfide) groups is 1. The van der Waals surface area contributed by atoms with E-state index in [0.29, 0.717) is 11.6 Å². The zero-order valence-corrected chi connectivity index (χ0v) is 19.0. The van der Waals surface area contributed by atoms with Gasteiger partial charge in [0.2, 0.25) is 0 Å². The van der Waals surface area contributed by atoms with Gasteiger partial charge in [-0.2, -0.15) is 0 Å². The van der Waals surface area contributed by atoms with E-state index in [4.69, 9.17) is 5.73 Å². The number of nitrogens with zero attached hydrogens (tertiary/aromatic N) is 4. The highest BCUT2D eigenvalue weighted by Crippen LogP contribution is 2.35. The van der Waals surface area contributed by atoms with Gasteiger partial charge in [-0.1, -0.05) is 60.3 Å². The van der Waals surface area contributed by atoms with Crippen molar-refractivity contribution in [2.24, 2.45) is 0 Å². The molecule has 10 heteroatoms. The molecule has 1 aliphatic carbocycles. The van der Waals surface area contributed by atoms with Gasteiger partial charge in [0.1, 0.15) is 17.2 Å². The predicted octanol–water partition coefficient (Wildman–Crippen LogP) is 2.60. The summed E-state index contributed by atoms with van der Waals surface area (Å²) in [5.41, 5.74) is 6.51. The van der Waals surface area contributed by atoms with E-state index in [1.807, 2.05) is 65.2 Å². The molecular formula is C24H22N6O3S. The van der Waals surface area contributed by atoms with E-state index in [0.717, 1.165) is 29.9 Å². The number of H-pyrrole nitrogens is 1. The number of carbonyl (C=O) groups excluding carboxylic acids is 1. The molecule has 0 amide bonds. The van der Waals surface area contributed by atoms with Crippen LogP contribution in [0.1, 0.15) is 40.6 Å². The number of Topliss-reactive ketones (excluding diaryl/α,β-unsaturated/α-hetero) is 1. The first kappa shape index (κ1) is 21.9. The van der Waals surface area contributed by atoms with Crippen molar-refractivity contribution >= 4 is 23.4 Å². The number of aromatic nitrogens is 5. The zero-order valence-electron chi connectivity index (χ0n) is 18.2. The Kier molecular flexibility index (Phi) is 5.89. The molecule has 1 saturated carbocycles. The summed E-state index contributed by atoms with van der Waals surface area (Å²) in [4.78, 5) is 39.8. The molecule has 2 aromatic carbocycles. The molecule has 5 rings (SSSR count). The van der Waals surface area contributed by atoms with Gasteiger partial charge in [0.15, 0.2) is 10.9 Å². The Morgan fingerprint density at radius 2 is 1.71 bits per heavy atom. The standard InChI is InChI=1S/C24H22N6O3S/c25-21-20(22(32)26-23(33)30(21)17-11-12-17)18(31)14-34-24-28-27-19(13-15-7-3-1-4-8-15)29(24)16-9-5-2-6-10-16/h1-10,17H,11-14,25H2,(H,26,32,33). The van der Waals surface area contributed by atoms with E-state index < -0.39 is 17.0 Å². The lowest BCUT2D eigenvalue weighted by atomic mass is 10.1. The van der Waals surface area contributed by atoms with E-state index in [9.17, 15) is 14.4 Å². The third-order valence-corrected chi connectivity index (χ3v) is 6.55. The van der Waals surface area contributed by atoms with Gasteiger partial charge in [-0.15, -0.1) is 10.2 Å². The lowest BCUT2D eigenvalue weighted by molar-refractivity contribution is 0.102. The minimum Gasteiger partial charge on any atom is -0.384 e. The van der Waals surface area contributed by atoms with Crippen LogP contribution in [0.5, 0.6) is 0 Å². The molecule has 3 N–H and O–H groups in total. The molecule has 0 atom stereocenters. The normalized spacial score (nSPS) is 13.2. The topological polar surface area (TPSA) is 129 Å². The summed E-state index contributed by atoms with van der Waals surface area (Å²) in [5, 5.41) is 9.22. The van der Waals surface area contributed by atoms with Crippen LogP contribution in [0.25, 0.3) is 5.69 Å². The molecule has 34 heavy (non-hydrogen) atoms. The van der Waals surface area contributed by atoms with Gasteiger partial charge in [-0.3, -0.25) is 23.7 Å². The fraction of sp³-hybridized carbons (Fsp3) is 0.208. The summed E-state index contributed by atoms with van der Waals surface area (Å²) < 4.78 is 3.22. The molecule has 1 aliphatic rings. The number of hydrogen-bond donors (Lipinski definition) is 2. The maximum absolute atomic E-state index is 13.0. The number of nitrogens with one attached hydrogen (secondary N) is 1. The third-order valence-electron chi connectivity index (χ3n) is 5.63. The molecule has 0 radical (unpaired) electrons. The Bertz CT molecular complexity index is 1460. The summed E-state index contributed by atoms with van der Waals surface area (Å²) in [6, 6.07) is 19.5. The van der Waals surface area contributed by atoms with Gasteiger partial charge >= 0.3 is 5.69 Å². The summed E-state index contributed by atoms with van der Waals surface area (Å²) in [5.74, 6) is 0.112. The SMILES string of the molecule is Nc1c(C(=O)CSc2nnc(Cc3ccccc3)n2-c2ccccc2)c(=O)[nH]c(=O)n1C1CC1. The Balaban J connectivity index is 1.44. The lowest BCUT2D eigenvalue weighted by Crippen LogP contribution is -2.36. The fourth-order valence-corrected chi connectivity index (χ4v) is 4.70. The van der Waals surface area contributed by atoms with Crippen LogP contribution in [0.15, 0.2) is 75.4 Å². The number of aromatic amines is 1.